The second kappa shape index (κ2) is 6.15. The molecule has 1 saturated heterocycles. The van der Waals surface area contributed by atoms with E-state index in [0.29, 0.717) is 18.0 Å². The quantitative estimate of drug-likeness (QED) is 0.836. The molecule has 0 radical (unpaired) electrons. The fraction of sp³-hybridized carbons (Fsp3) is 1.00. The highest BCUT2D eigenvalue weighted by atomic mass is 32.2. The number of thioether (sulfide) groups is 1. The predicted molar refractivity (Wildman–Crippen MR) is 82.0 cm³/mol. The third-order valence-corrected chi connectivity index (χ3v) is 6.53. The van der Waals surface area contributed by atoms with Crippen molar-refractivity contribution in [1.29, 1.82) is 0 Å². The van der Waals surface area contributed by atoms with Crippen LogP contribution in [0.25, 0.3) is 0 Å². The van der Waals surface area contributed by atoms with Crippen LogP contribution in [0.2, 0.25) is 0 Å². The van der Waals surface area contributed by atoms with Gasteiger partial charge in [-0.1, -0.05) is 20.8 Å². The van der Waals surface area contributed by atoms with Gasteiger partial charge in [0.2, 0.25) is 0 Å². The maximum Gasteiger partial charge on any atom is 0.0184 e. The number of nitrogens with zero attached hydrogens (tertiary/aromatic N) is 1. The van der Waals surface area contributed by atoms with Crippen molar-refractivity contribution in [3.63, 3.8) is 0 Å². The van der Waals surface area contributed by atoms with Crippen molar-refractivity contribution in [3.8, 4) is 0 Å². The van der Waals surface area contributed by atoms with Crippen LogP contribution < -0.4 is 5.73 Å². The lowest BCUT2D eigenvalue weighted by Gasteiger charge is -2.44. The molecular weight excluding hydrogens is 240 g/mol. The van der Waals surface area contributed by atoms with E-state index in [9.17, 15) is 0 Å². The molecule has 2 aliphatic rings. The zero-order chi connectivity index (χ0) is 13.3. The largest absolute Gasteiger partial charge is 0.327 e. The minimum Gasteiger partial charge on any atom is -0.327 e. The van der Waals surface area contributed by atoms with Crippen LogP contribution >= 0.6 is 11.8 Å². The number of nitrogens with two attached hydrogens (primary N) is 1. The zero-order valence-corrected chi connectivity index (χ0v) is 13.2. The number of hydrogen-bond donors (Lipinski definition) is 1. The molecule has 2 nitrogen and oxygen atoms in total. The SMILES string of the molecule is CC1CC(C)C(CN2CCSC(C)C2C)C(N)C1. The molecule has 0 aromatic rings. The van der Waals surface area contributed by atoms with Gasteiger partial charge in [-0.3, -0.25) is 4.90 Å². The molecule has 1 aliphatic carbocycles. The minimum atomic E-state index is 0.417. The van der Waals surface area contributed by atoms with Gasteiger partial charge in [-0.05, 0) is 37.5 Å². The van der Waals surface area contributed by atoms with Crippen molar-refractivity contribution in [2.24, 2.45) is 23.5 Å². The van der Waals surface area contributed by atoms with Gasteiger partial charge < -0.3 is 5.73 Å². The van der Waals surface area contributed by atoms with Crippen molar-refractivity contribution in [1.82, 2.24) is 4.90 Å². The molecule has 0 spiro atoms. The molecule has 106 valence electrons. The lowest BCUT2D eigenvalue weighted by atomic mass is 9.72. The first-order chi connectivity index (χ1) is 8.49. The highest BCUT2D eigenvalue weighted by molar-refractivity contribution is 8.00. The summed E-state index contributed by atoms with van der Waals surface area (Å²) in [6.45, 7) is 12.0. The third-order valence-electron chi connectivity index (χ3n) is 5.19. The summed E-state index contributed by atoms with van der Waals surface area (Å²) in [4.78, 5) is 2.69. The summed E-state index contributed by atoms with van der Waals surface area (Å²) in [5, 5.41) is 0.771. The van der Waals surface area contributed by atoms with Crippen molar-refractivity contribution in [3.05, 3.63) is 0 Å². The molecule has 0 bridgehead atoms. The minimum absolute atomic E-state index is 0.417. The van der Waals surface area contributed by atoms with E-state index in [1.807, 2.05) is 0 Å². The molecule has 18 heavy (non-hydrogen) atoms. The van der Waals surface area contributed by atoms with E-state index in [-0.39, 0.29) is 0 Å². The molecule has 0 aromatic carbocycles. The topological polar surface area (TPSA) is 29.3 Å². The summed E-state index contributed by atoms with van der Waals surface area (Å²) >= 11 is 2.12. The fourth-order valence-corrected chi connectivity index (χ4v) is 4.97. The van der Waals surface area contributed by atoms with Gasteiger partial charge in [-0.2, -0.15) is 11.8 Å². The molecule has 6 atom stereocenters. The number of hydrogen-bond acceptors (Lipinski definition) is 3. The van der Waals surface area contributed by atoms with Crippen LogP contribution in [0.3, 0.4) is 0 Å². The predicted octanol–water partition coefficient (Wildman–Crippen LogP) is 2.82. The molecule has 1 heterocycles. The maximum absolute atomic E-state index is 6.43. The van der Waals surface area contributed by atoms with E-state index >= 15 is 0 Å². The normalized spacial score (nSPS) is 47.2. The van der Waals surface area contributed by atoms with Crippen molar-refractivity contribution >= 4 is 11.8 Å². The van der Waals surface area contributed by atoms with Crippen LogP contribution in [-0.2, 0) is 0 Å². The highest BCUT2D eigenvalue weighted by Gasteiger charge is 2.35. The van der Waals surface area contributed by atoms with Crippen molar-refractivity contribution in [2.75, 3.05) is 18.8 Å². The Bertz CT molecular complexity index is 259. The van der Waals surface area contributed by atoms with E-state index in [0.717, 1.165) is 17.1 Å². The standard InChI is InChI=1S/C15H30N2S/c1-10-7-11(2)14(15(16)8-10)9-17-5-6-18-13(4)12(17)3/h10-15H,5-9,16H2,1-4H3. The Hall–Kier alpha value is 0.270. The molecule has 1 saturated carbocycles. The number of rotatable bonds is 2. The summed E-state index contributed by atoms with van der Waals surface area (Å²) in [6.07, 6.45) is 2.59. The van der Waals surface area contributed by atoms with Gasteiger partial charge >= 0.3 is 0 Å². The Kier molecular flexibility index (Phi) is 5.01. The Morgan fingerprint density at radius 1 is 1.17 bits per heavy atom. The first-order valence-corrected chi connectivity index (χ1v) is 8.65. The van der Waals surface area contributed by atoms with Gasteiger partial charge in [0.15, 0.2) is 0 Å². The molecule has 6 unspecified atom stereocenters. The van der Waals surface area contributed by atoms with Crippen molar-refractivity contribution < 1.29 is 0 Å². The van der Waals surface area contributed by atoms with Crippen LogP contribution in [0.5, 0.6) is 0 Å². The van der Waals surface area contributed by atoms with Gasteiger partial charge in [-0.25, -0.2) is 0 Å². The second-order valence-corrected chi connectivity index (χ2v) is 8.18. The van der Waals surface area contributed by atoms with Crippen LogP contribution in [0.4, 0.5) is 0 Å². The van der Waals surface area contributed by atoms with E-state index in [4.69, 9.17) is 5.73 Å². The van der Waals surface area contributed by atoms with Crippen LogP contribution in [-0.4, -0.2) is 41.1 Å². The first kappa shape index (κ1) is 14.7. The zero-order valence-electron chi connectivity index (χ0n) is 12.4. The van der Waals surface area contributed by atoms with E-state index in [1.54, 1.807) is 0 Å². The lowest BCUT2D eigenvalue weighted by molar-refractivity contribution is 0.0985. The van der Waals surface area contributed by atoms with Gasteiger partial charge in [0.1, 0.15) is 0 Å². The molecule has 2 fully saturated rings. The summed E-state index contributed by atoms with van der Waals surface area (Å²) in [5.74, 6) is 3.61. The molecular formula is C15H30N2S. The highest BCUT2D eigenvalue weighted by Crippen LogP contribution is 2.35. The molecule has 2 rings (SSSR count). The van der Waals surface area contributed by atoms with Crippen LogP contribution in [0.15, 0.2) is 0 Å². The van der Waals surface area contributed by atoms with E-state index < -0.39 is 0 Å². The lowest BCUT2D eigenvalue weighted by Crippen LogP contribution is -2.52. The molecule has 0 aromatic heterocycles. The van der Waals surface area contributed by atoms with Gasteiger partial charge in [0.25, 0.3) is 0 Å². The Morgan fingerprint density at radius 3 is 2.56 bits per heavy atom. The Morgan fingerprint density at radius 2 is 1.89 bits per heavy atom. The molecule has 3 heteroatoms. The molecule has 1 aliphatic heterocycles. The molecule has 2 N–H and O–H groups in total. The first-order valence-electron chi connectivity index (χ1n) is 7.60. The average molecular weight is 270 g/mol. The van der Waals surface area contributed by atoms with Gasteiger partial charge in [0, 0.05) is 36.2 Å². The Balaban J connectivity index is 1.95. The summed E-state index contributed by atoms with van der Waals surface area (Å²) < 4.78 is 0. The van der Waals surface area contributed by atoms with Crippen LogP contribution in [0.1, 0.15) is 40.5 Å². The van der Waals surface area contributed by atoms with Gasteiger partial charge in [0.05, 0.1) is 0 Å². The average Bonchev–Trinajstić information content (AvgIpc) is 2.28. The van der Waals surface area contributed by atoms with E-state index in [2.05, 4.69) is 44.4 Å². The third kappa shape index (κ3) is 3.23. The van der Waals surface area contributed by atoms with Crippen molar-refractivity contribution in [2.45, 2.75) is 57.9 Å². The Labute approximate surface area is 117 Å². The summed E-state index contributed by atoms with van der Waals surface area (Å²) in [7, 11) is 0. The monoisotopic (exact) mass is 270 g/mol. The van der Waals surface area contributed by atoms with Crippen LogP contribution in [0, 0.1) is 17.8 Å². The molecule has 0 amide bonds. The smallest absolute Gasteiger partial charge is 0.0184 e. The second-order valence-electron chi connectivity index (χ2n) is 6.69. The van der Waals surface area contributed by atoms with Gasteiger partial charge in [-0.15, -0.1) is 0 Å². The summed E-state index contributed by atoms with van der Waals surface area (Å²) in [6, 6.07) is 1.13. The summed E-state index contributed by atoms with van der Waals surface area (Å²) in [5.41, 5.74) is 6.43. The van der Waals surface area contributed by atoms with E-state index in [1.165, 1.54) is 31.7 Å². The fourth-order valence-electron chi connectivity index (χ4n) is 3.81. The maximum atomic E-state index is 6.43.